The molecule has 1 aromatic rings. The van der Waals surface area contributed by atoms with E-state index in [9.17, 15) is 0 Å². The highest BCUT2D eigenvalue weighted by molar-refractivity contribution is 6.30. The summed E-state index contributed by atoms with van der Waals surface area (Å²) in [7, 11) is 0. The summed E-state index contributed by atoms with van der Waals surface area (Å²) in [4.78, 5) is 8.74. The topological polar surface area (TPSA) is 49.8 Å². The molecule has 2 heterocycles. The van der Waals surface area contributed by atoms with Crippen LogP contribution in [0.25, 0.3) is 0 Å². The van der Waals surface area contributed by atoms with Gasteiger partial charge in [0, 0.05) is 24.7 Å². The molecule has 1 saturated carbocycles. The summed E-state index contributed by atoms with van der Waals surface area (Å²) in [5, 5.41) is 7.13. The number of aromatic nitrogens is 2. The smallest absolute Gasteiger partial charge is 0.224 e. The van der Waals surface area contributed by atoms with Crippen LogP contribution >= 0.6 is 11.6 Å². The molecule has 1 aliphatic heterocycles. The molecule has 1 aromatic heterocycles. The molecule has 1 fully saturated rings. The minimum absolute atomic E-state index is 0.550. The first kappa shape index (κ1) is 9.36. The summed E-state index contributed by atoms with van der Waals surface area (Å²) in [6, 6.07) is 0.550. The Labute approximate surface area is 93.5 Å². The highest BCUT2D eigenvalue weighted by Gasteiger charge is 2.21. The monoisotopic (exact) mass is 224 g/mol. The van der Waals surface area contributed by atoms with Gasteiger partial charge < -0.3 is 10.6 Å². The number of fused-ring (bicyclic) bond motifs is 1. The molecule has 80 valence electrons. The second kappa shape index (κ2) is 3.61. The number of hydrogen-bond acceptors (Lipinski definition) is 4. The molecule has 0 atom stereocenters. The van der Waals surface area contributed by atoms with Crippen LogP contribution in [0, 0.1) is 0 Å². The first-order valence-electron chi connectivity index (χ1n) is 5.35. The van der Waals surface area contributed by atoms with Crippen molar-refractivity contribution in [3.8, 4) is 0 Å². The Hall–Kier alpha value is -0.870. The Morgan fingerprint density at radius 3 is 2.87 bits per heavy atom. The number of halogens is 1. The molecule has 2 N–H and O–H groups in total. The van der Waals surface area contributed by atoms with Crippen molar-refractivity contribution in [2.24, 2.45) is 0 Å². The zero-order valence-electron chi connectivity index (χ0n) is 8.39. The highest BCUT2D eigenvalue weighted by Crippen LogP contribution is 2.25. The second-order valence-corrected chi connectivity index (χ2v) is 4.50. The lowest BCUT2D eigenvalue weighted by atomic mass is 9.93. The maximum atomic E-state index is 6.09. The maximum absolute atomic E-state index is 6.09. The molecule has 0 radical (unpaired) electrons. The average molecular weight is 225 g/mol. The van der Waals surface area contributed by atoms with Gasteiger partial charge in [0.1, 0.15) is 5.15 Å². The quantitative estimate of drug-likeness (QED) is 0.751. The molecule has 4 nitrogen and oxygen atoms in total. The van der Waals surface area contributed by atoms with Gasteiger partial charge >= 0.3 is 0 Å². The average Bonchev–Trinajstić information content (AvgIpc) is 2.59. The van der Waals surface area contributed by atoms with E-state index >= 15 is 0 Å². The zero-order chi connectivity index (χ0) is 10.3. The van der Waals surface area contributed by atoms with Gasteiger partial charge in [-0.25, -0.2) is 9.97 Å². The van der Waals surface area contributed by atoms with Crippen LogP contribution in [0.2, 0.25) is 5.15 Å². The molecule has 2 aliphatic rings. The van der Waals surface area contributed by atoms with Crippen LogP contribution in [-0.2, 0) is 13.1 Å². The Morgan fingerprint density at radius 2 is 2.13 bits per heavy atom. The van der Waals surface area contributed by atoms with Crippen LogP contribution in [0.4, 0.5) is 5.95 Å². The normalized spacial score (nSPS) is 19.8. The van der Waals surface area contributed by atoms with Crippen molar-refractivity contribution in [1.82, 2.24) is 15.3 Å². The van der Waals surface area contributed by atoms with Gasteiger partial charge in [0.15, 0.2) is 0 Å². The maximum Gasteiger partial charge on any atom is 0.224 e. The molecule has 5 heteroatoms. The third-order valence-corrected chi connectivity index (χ3v) is 3.39. The summed E-state index contributed by atoms with van der Waals surface area (Å²) < 4.78 is 0. The molecular weight excluding hydrogens is 212 g/mol. The third kappa shape index (κ3) is 1.68. The van der Waals surface area contributed by atoms with Gasteiger partial charge in [0.05, 0.1) is 5.69 Å². The van der Waals surface area contributed by atoms with E-state index in [2.05, 4.69) is 20.6 Å². The fourth-order valence-electron chi connectivity index (χ4n) is 1.93. The van der Waals surface area contributed by atoms with E-state index in [1.165, 1.54) is 19.3 Å². The molecule has 0 spiro atoms. The standard InChI is InChI=1S/C10H13ClN4/c11-9-7-4-12-5-8(7)14-10(15-9)13-6-2-1-3-6/h6,12H,1-5H2,(H,13,14,15). The summed E-state index contributed by atoms with van der Waals surface area (Å²) in [5.74, 6) is 0.687. The molecule has 0 saturated heterocycles. The Morgan fingerprint density at radius 1 is 1.27 bits per heavy atom. The van der Waals surface area contributed by atoms with Crippen molar-refractivity contribution in [3.63, 3.8) is 0 Å². The van der Waals surface area contributed by atoms with Crippen LogP contribution in [0.3, 0.4) is 0 Å². The lowest BCUT2D eigenvalue weighted by Gasteiger charge is -2.26. The first-order valence-corrected chi connectivity index (χ1v) is 5.73. The SMILES string of the molecule is Clc1nc(NC2CCC2)nc2c1CNC2. The second-order valence-electron chi connectivity index (χ2n) is 4.14. The van der Waals surface area contributed by atoms with Gasteiger partial charge in [-0.15, -0.1) is 0 Å². The van der Waals surface area contributed by atoms with Crippen molar-refractivity contribution in [1.29, 1.82) is 0 Å². The van der Waals surface area contributed by atoms with Gasteiger partial charge in [0.2, 0.25) is 5.95 Å². The van der Waals surface area contributed by atoms with Crippen LogP contribution in [0.1, 0.15) is 30.5 Å². The van der Waals surface area contributed by atoms with E-state index in [0.717, 1.165) is 24.3 Å². The van der Waals surface area contributed by atoms with Crippen molar-refractivity contribution < 1.29 is 0 Å². The van der Waals surface area contributed by atoms with Crippen molar-refractivity contribution >= 4 is 17.5 Å². The first-order chi connectivity index (χ1) is 7.33. The van der Waals surface area contributed by atoms with Gasteiger partial charge in [-0.05, 0) is 19.3 Å². The predicted molar refractivity (Wildman–Crippen MR) is 58.8 cm³/mol. The molecule has 1 aliphatic carbocycles. The minimum atomic E-state index is 0.550. The Kier molecular flexibility index (Phi) is 2.25. The van der Waals surface area contributed by atoms with Crippen LogP contribution in [0.15, 0.2) is 0 Å². The number of nitrogens with one attached hydrogen (secondary N) is 2. The molecule has 0 unspecified atom stereocenters. The molecular formula is C10H13ClN4. The van der Waals surface area contributed by atoms with Gasteiger partial charge in [-0.3, -0.25) is 0 Å². The lowest BCUT2D eigenvalue weighted by Crippen LogP contribution is -2.28. The molecule has 0 bridgehead atoms. The number of rotatable bonds is 2. The predicted octanol–water partition coefficient (Wildman–Crippen LogP) is 1.70. The van der Waals surface area contributed by atoms with Gasteiger partial charge in [-0.2, -0.15) is 0 Å². The fourth-order valence-corrected chi connectivity index (χ4v) is 2.18. The third-order valence-electron chi connectivity index (χ3n) is 3.07. The minimum Gasteiger partial charge on any atom is -0.351 e. The molecule has 15 heavy (non-hydrogen) atoms. The summed E-state index contributed by atoms with van der Waals surface area (Å²) in [6.07, 6.45) is 3.74. The fraction of sp³-hybridized carbons (Fsp3) is 0.600. The van der Waals surface area contributed by atoms with Crippen molar-refractivity contribution in [2.45, 2.75) is 38.4 Å². The van der Waals surface area contributed by atoms with Crippen LogP contribution in [0.5, 0.6) is 0 Å². The lowest BCUT2D eigenvalue weighted by molar-refractivity contribution is 0.443. The van der Waals surface area contributed by atoms with Crippen molar-refractivity contribution in [2.75, 3.05) is 5.32 Å². The van der Waals surface area contributed by atoms with Gasteiger partial charge in [0.25, 0.3) is 0 Å². The van der Waals surface area contributed by atoms with E-state index in [0.29, 0.717) is 17.1 Å². The van der Waals surface area contributed by atoms with E-state index in [1.54, 1.807) is 0 Å². The largest absolute Gasteiger partial charge is 0.351 e. The van der Waals surface area contributed by atoms with Crippen LogP contribution < -0.4 is 10.6 Å². The molecule has 3 rings (SSSR count). The highest BCUT2D eigenvalue weighted by atomic mass is 35.5. The number of anilines is 1. The van der Waals surface area contributed by atoms with E-state index in [-0.39, 0.29) is 0 Å². The van der Waals surface area contributed by atoms with Crippen molar-refractivity contribution in [3.05, 3.63) is 16.4 Å². The van der Waals surface area contributed by atoms with E-state index in [4.69, 9.17) is 11.6 Å². The molecule has 0 aromatic carbocycles. The summed E-state index contributed by atoms with van der Waals surface area (Å²) >= 11 is 6.09. The summed E-state index contributed by atoms with van der Waals surface area (Å²) in [6.45, 7) is 1.59. The summed E-state index contributed by atoms with van der Waals surface area (Å²) in [5.41, 5.74) is 2.09. The number of nitrogens with zero attached hydrogens (tertiary/aromatic N) is 2. The van der Waals surface area contributed by atoms with E-state index < -0.39 is 0 Å². The zero-order valence-corrected chi connectivity index (χ0v) is 9.14. The van der Waals surface area contributed by atoms with Gasteiger partial charge in [-0.1, -0.05) is 11.6 Å². The van der Waals surface area contributed by atoms with Crippen LogP contribution in [-0.4, -0.2) is 16.0 Å². The molecule has 0 amide bonds. The van der Waals surface area contributed by atoms with E-state index in [1.807, 2.05) is 0 Å². The Bertz CT molecular complexity index is 389. The Balaban J connectivity index is 1.86. The number of hydrogen-bond donors (Lipinski definition) is 2.